The van der Waals surface area contributed by atoms with Crippen molar-refractivity contribution in [3.63, 3.8) is 0 Å². The first-order chi connectivity index (χ1) is 12.9. The van der Waals surface area contributed by atoms with E-state index in [4.69, 9.17) is 12.2 Å². The number of piperazine rings is 1. The zero-order valence-corrected chi connectivity index (χ0v) is 16.8. The maximum Gasteiger partial charge on any atom is 0.236 e. The van der Waals surface area contributed by atoms with Gasteiger partial charge in [0.25, 0.3) is 0 Å². The lowest BCUT2D eigenvalue weighted by Crippen LogP contribution is -2.51. The van der Waals surface area contributed by atoms with Gasteiger partial charge in [0, 0.05) is 37.3 Å². The highest BCUT2D eigenvalue weighted by Gasteiger charge is 2.26. The summed E-state index contributed by atoms with van der Waals surface area (Å²) in [7, 11) is -3.43. The Morgan fingerprint density at radius 3 is 2.26 bits per heavy atom. The molecule has 1 heterocycles. The zero-order valence-electron chi connectivity index (χ0n) is 15.2. The van der Waals surface area contributed by atoms with Gasteiger partial charge in [-0.1, -0.05) is 48.0 Å². The molecule has 1 aliphatic rings. The van der Waals surface area contributed by atoms with E-state index < -0.39 is 10.0 Å². The highest BCUT2D eigenvalue weighted by molar-refractivity contribution is 7.92. The molecule has 0 unspecified atom stereocenters. The number of aryl methyl sites for hydroxylation is 1. The van der Waals surface area contributed by atoms with Crippen LogP contribution < -0.4 is 5.32 Å². The first kappa shape index (κ1) is 19.5. The molecule has 142 valence electrons. The van der Waals surface area contributed by atoms with E-state index in [1.165, 1.54) is 15.3 Å². The quantitative estimate of drug-likeness (QED) is 0.797. The predicted molar refractivity (Wildman–Crippen MR) is 115 cm³/mol. The minimum absolute atomic E-state index is 0.414. The third kappa shape index (κ3) is 5.38. The van der Waals surface area contributed by atoms with Crippen molar-refractivity contribution >= 4 is 39.1 Å². The summed E-state index contributed by atoms with van der Waals surface area (Å²) in [6.45, 7) is 3.99. The fraction of sp³-hybridized carbons (Fsp3) is 0.250. The van der Waals surface area contributed by atoms with Crippen LogP contribution in [-0.2, 0) is 10.0 Å². The minimum Gasteiger partial charge on any atom is -0.346 e. The summed E-state index contributed by atoms with van der Waals surface area (Å²) < 4.78 is 26.6. The standard InChI is InChI=1S/C20H23N3O2S2/c1-17-7-9-19(10-8-17)21-20(26)22-12-14-23(15-13-22)27(24,25)16-11-18-5-3-2-4-6-18/h2-11,16H,12-15H2,1H3,(H,21,26)/b16-11+. The molecular weight excluding hydrogens is 378 g/mol. The first-order valence-electron chi connectivity index (χ1n) is 8.80. The molecule has 0 bridgehead atoms. The van der Waals surface area contributed by atoms with Gasteiger partial charge in [-0.3, -0.25) is 0 Å². The molecule has 3 rings (SSSR count). The van der Waals surface area contributed by atoms with Crippen LogP contribution in [-0.4, -0.2) is 48.9 Å². The maximum atomic E-state index is 12.5. The van der Waals surface area contributed by atoms with Crippen molar-refractivity contribution in [1.29, 1.82) is 0 Å². The van der Waals surface area contributed by atoms with Gasteiger partial charge in [-0.05, 0) is 42.9 Å². The van der Waals surface area contributed by atoms with Crippen LogP contribution in [0.1, 0.15) is 11.1 Å². The second-order valence-corrected chi connectivity index (χ2v) is 8.65. The lowest BCUT2D eigenvalue weighted by atomic mass is 10.2. The van der Waals surface area contributed by atoms with Crippen LogP contribution in [0.5, 0.6) is 0 Å². The Balaban J connectivity index is 1.55. The third-order valence-corrected chi connectivity index (χ3v) is 6.35. The largest absolute Gasteiger partial charge is 0.346 e. The SMILES string of the molecule is Cc1ccc(NC(=S)N2CCN(S(=O)(=O)/C=C/c3ccccc3)CC2)cc1. The second-order valence-electron chi connectivity index (χ2n) is 6.44. The number of anilines is 1. The molecule has 0 aliphatic carbocycles. The molecule has 1 saturated heterocycles. The maximum absolute atomic E-state index is 12.5. The number of hydrogen-bond acceptors (Lipinski definition) is 3. The van der Waals surface area contributed by atoms with Gasteiger partial charge in [0.15, 0.2) is 5.11 Å². The van der Waals surface area contributed by atoms with Gasteiger partial charge in [0.2, 0.25) is 10.0 Å². The molecule has 0 atom stereocenters. The summed E-state index contributed by atoms with van der Waals surface area (Å²) in [6.07, 6.45) is 1.63. The lowest BCUT2D eigenvalue weighted by molar-refractivity contribution is 0.270. The van der Waals surface area contributed by atoms with Gasteiger partial charge in [-0.15, -0.1) is 0 Å². The number of hydrogen-bond donors (Lipinski definition) is 1. The second kappa shape index (κ2) is 8.65. The average molecular weight is 402 g/mol. The van der Waals surface area contributed by atoms with E-state index in [-0.39, 0.29) is 0 Å². The Labute approximate surface area is 166 Å². The van der Waals surface area contributed by atoms with E-state index in [1.807, 2.05) is 66.4 Å². The number of sulfonamides is 1. The van der Waals surface area contributed by atoms with Gasteiger partial charge in [0.1, 0.15) is 0 Å². The Morgan fingerprint density at radius 1 is 1.00 bits per heavy atom. The molecule has 5 nitrogen and oxygen atoms in total. The number of rotatable bonds is 4. The molecule has 0 aromatic heterocycles. The molecule has 1 N–H and O–H groups in total. The molecule has 1 aliphatic heterocycles. The van der Waals surface area contributed by atoms with E-state index in [9.17, 15) is 8.42 Å². The molecular formula is C20H23N3O2S2. The molecule has 7 heteroatoms. The molecule has 2 aromatic rings. The van der Waals surface area contributed by atoms with E-state index in [1.54, 1.807) is 6.08 Å². The average Bonchev–Trinajstić information content (AvgIpc) is 2.69. The van der Waals surface area contributed by atoms with Crippen LogP contribution in [0.2, 0.25) is 0 Å². The van der Waals surface area contributed by atoms with Gasteiger partial charge in [-0.2, -0.15) is 4.31 Å². The van der Waals surface area contributed by atoms with Crippen LogP contribution in [0, 0.1) is 6.92 Å². The molecule has 0 radical (unpaired) electrons. The van der Waals surface area contributed by atoms with Crippen LogP contribution in [0.4, 0.5) is 5.69 Å². The molecule has 0 saturated carbocycles. The minimum atomic E-state index is -3.43. The van der Waals surface area contributed by atoms with Gasteiger partial charge < -0.3 is 10.2 Å². The van der Waals surface area contributed by atoms with Gasteiger partial charge in [-0.25, -0.2) is 8.42 Å². The van der Waals surface area contributed by atoms with Crippen LogP contribution in [0.25, 0.3) is 6.08 Å². The molecule has 0 amide bonds. The number of thiocarbonyl (C=S) groups is 1. The van der Waals surface area contributed by atoms with Crippen molar-refractivity contribution < 1.29 is 8.42 Å². The topological polar surface area (TPSA) is 52.6 Å². The predicted octanol–water partition coefficient (Wildman–Crippen LogP) is 3.31. The Kier molecular flexibility index (Phi) is 6.26. The molecule has 27 heavy (non-hydrogen) atoms. The van der Waals surface area contributed by atoms with Crippen molar-refractivity contribution in [2.45, 2.75) is 6.92 Å². The van der Waals surface area contributed by atoms with E-state index in [2.05, 4.69) is 5.32 Å². The zero-order chi connectivity index (χ0) is 19.3. The van der Waals surface area contributed by atoms with Gasteiger partial charge in [0.05, 0.1) is 0 Å². The number of benzene rings is 2. The van der Waals surface area contributed by atoms with Crippen LogP contribution in [0.3, 0.4) is 0 Å². The number of nitrogens with zero attached hydrogens (tertiary/aromatic N) is 2. The first-order valence-corrected chi connectivity index (χ1v) is 10.7. The van der Waals surface area contributed by atoms with Crippen molar-refractivity contribution in [1.82, 2.24) is 9.21 Å². The summed E-state index contributed by atoms with van der Waals surface area (Å²) in [5.41, 5.74) is 2.99. The summed E-state index contributed by atoms with van der Waals surface area (Å²) >= 11 is 5.47. The lowest BCUT2D eigenvalue weighted by Gasteiger charge is -2.35. The summed E-state index contributed by atoms with van der Waals surface area (Å²) in [5, 5.41) is 5.11. The van der Waals surface area contributed by atoms with Gasteiger partial charge >= 0.3 is 0 Å². The fourth-order valence-corrected chi connectivity index (χ4v) is 4.27. The van der Waals surface area contributed by atoms with Crippen molar-refractivity contribution in [3.8, 4) is 0 Å². The Hall–Kier alpha value is -2.22. The van der Waals surface area contributed by atoms with E-state index >= 15 is 0 Å². The van der Waals surface area contributed by atoms with E-state index in [0.29, 0.717) is 31.3 Å². The summed E-state index contributed by atoms with van der Waals surface area (Å²) in [6, 6.07) is 17.4. The Morgan fingerprint density at radius 2 is 1.63 bits per heavy atom. The highest BCUT2D eigenvalue weighted by atomic mass is 32.2. The molecule has 1 fully saturated rings. The fourth-order valence-electron chi connectivity index (χ4n) is 2.80. The summed E-state index contributed by atoms with van der Waals surface area (Å²) in [4.78, 5) is 2.00. The van der Waals surface area contributed by atoms with Crippen molar-refractivity contribution in [2.24, 2.45) is 0 Å². The highest BCUT2D eigenvalue weighted by Crippen LogP contribution is 2.14. The van der Waals surface area contributed by atoms with Crippen molar-refractivity contribution in [2.75, 3.05) is 31.5 Å². The van der Waals surface area contributed by atoms with Crippen LogP contribution in [0.15, 0.2) is 60.0 Å². The summed E-state index contributed by atoms with van der Waals surface area (Å²) in [5.74, 6) is 0. The monoisotopic (exact) mass is 401 g/mol. The smallest absolute Gasteiger partial charge is 0.236 e. The normalized spacial score (nSPS) is 15.8. The Bertz CT molecular complexity index is 902. The van der Waals surface area contributed by atoms with Crippen molar-refractivity contribution in [3.05, 3.63) is 71.1 Å². The molecule has 2 aromatic carbocycles. The number of nitrogens with one attached hydrogen (secondary N) is 1. The third-order valence-electron chi connectivity index (χ3n) is 4.42. The van der Waals surface area contributed by atoms with E-state index in [0.717, 1.165) is 11.3 Å². The van der Waals surface area contributed by atoms with Crippen LogP contribution >= 0.6 is 12.2 Å². The molecule has 0 spiro atoms.